The van der Waals surface area contributed by atoms with Gasteiger partial charge in [-0.2, -0.15) is 0 Å². The summed E-state index contributed by atoms with van der Waals surface area (Å²) in [6.45, 7) is 5.88. The topological polar surface area (TPSA) is 48.2 Å². The van der Waals surface area contributed by atoms with Gasteiger partial charge in [0.05, 0.1) is 11.2 Å². The van der Waals surface area contributed by atoms with E-state index in [9.17, 15) is 4.79 Å². The first kappa shape index (κ1) is 19.6. The molecule has 0 unspecified atom stereocenters. The molecular weight excluding hydrogens is 386 g/mol. The molecule has 1 N–H and O–H groups in total. The van der Waals surface area contributed by atoms with Gasteiger partial charge in [0, 0.05) is 54.5 Å². The molecule has 3 heterocycles. The molecule has 5 heteroatoms. The second-order valence-electron chi connectivity index (χ2n) is 8.73. The van der Waals surface area contributed by atoms with Crippen molar-refractivity contribution in [3.63, 3.8) is 0 Å². The number of rotatable bonds is 4. The molecule has 158 valence electrons. The average molecular weight is 414 g/mol. The fraction of sp³-hybridized carbons (Fsp3) is 0.269. The first-order chi connectivity index (χ1) is 14.9. The lowest BCUT2D eigenvalue weighted by Crippen LogP contribution is -2.42. The van der Waals surface area contributed by atoms with E-state index < -0.39 is 0 Å². The van der Waals surface area contributed by atoms with Gasteiger partial charge in [-0.3, -0.25) is 9.36 Å². The van der Waals surface area contributed by atoms with Crippen LogP contribution >= 0.6 is 0 Å². The molecule has 1 aliphatic heterocycles. The number of nitrogens with one attached hydrogen (secondary N) is 1. The number of nitrogens with zero attached hydrogens (tertiary/aromatic N) is 2. The van der Waals surface area contributed by atoms with Crippen molar-refractivity contribution in [2.75, 3.05) is 6.54 Å². The van der Waals surface area contributed by atoms with Crippen molar-refractivity contribution in [1.29, 1.82) is 0 Å². The summed E-state index contributed by atoms with van der Waals surface area (Å²) >= 11 is 0. The number of aromatic nitrogens is 2. The quantitative estimate of drug-likeness (QED) is 0.543. The van der Waals surface area contributed by atoms with Crippen LogP contribution in [-0.2, 0) is 25.6 Å². The van der Waals surface area contributed by atoms with E-state index in [4.69, 9.17) is 4.74 Å². The van der Waals surface area contributed by atoms with E-state index in [1.807, 2.05) is 42.5 Å². The van der Waals surface area contributed by atoms with Crippen molar-refractivity contribution in [3.05, 3.63) is 94.0 Å². The highest BCUT2D eigenvalue weighted by Gasteiger charge is 2.31. The zero-order valence-corrected chi connectivity index (χ0v) is 18.2. The van der Waals surface area contributed by atoms with Gasteiger partial charge in [0.2, 0.25) is 0 Å². The fourth-order valence-corrected chi connectivity index (χ4v) is 4.70. The van der Waals surface area contributed by atoms with Gasteiger partial charge in [0.1, 0.15) is 12.4 Å². The van der Waals surface area contributed by atoms with Crippen LogP contribution < -0.4 is 15.6 Å². The number of ether oxygens (including phenoxy) is 1. The molecule has 2 aromatic carbocycles. The Bertz CT molecular complexity index is 1320. The molecule has 0 radical (unpaired) electrons. The minimum atomic E-state index is -0.106. The summed E-state index contributed by atoms with van der Waals surface area (Å²) in [7, 11) is 2.12. The highest BCUT2D eigenvalue weighted by Crippen LogP contribution is 2.37. The summed E-state index contributed by atoms with van der Waals surface area (Å²) in [6.07, 6.45) is 2.80. The van der Waals surface area contributed by atoms with Crippen LogP contribution in [0.1, 0.15) is 30.7 Å². The van der Waals surface area contributed by atoms with Crippen molar-refractivity contribution in [3.8, 4) is 11.4 Å². The number of hydrogen-bond acceptors (Lipinski definition) is 3. The van der Waals surface area contributed by atoms with Crippen LogP contribution in [0.5, 0.6) is 5.75 Å². The monoisotopic (exact) mass is 413 g/mol. The second-order valence-corrected chi connectivity index (χ2v) is 8.73. The van der Waals surface area contributed by atoms with Gasteiger partial charge in [-0.05, 0) is 37.6 Å². The minimum absolute atomic E-state index is 0.0663. The van der Waals surface area contributed by atoms with E-state index in [1.165, 1.54) is 16.6 Å². The zero-order chi connectivity index (χ0) is 21.6. The van der Waals surface area contributed by atoms with Crippen molar-refractivity contribution >= 4 is 10.9 Å². The first-order valence-electron chi connectivity index (χ1n) is 10.7. The number of hydrogen-bond donors (Lipinski definition) is 1. The minimum Gasteiger partial charge on any atom is -0.489 e. The van der Waals surface area contributed by atoms with E-state index in [0.29, 0.717) is 12.4 Å². The van der Waals surface area contributed by atoms with Crippen molar-refractivity contribution in [2.24, 2.45) is 7.05 Å². The standard InChI is InChI=1S/C26H27N3O2/c1-26(2)25-21-10-9-19(15-23(21)28(3)22(25)11-13-27-26)29-14-12-20(16-24(29)30)31-17-18-7-5-4-6-8-18/h4-10,12,14-16,27H,11,13,17H2,1-3H3. The Morgan fingerprint density at radius 2 is 1.87 bits per heavy atom. The SMILES string of the molecule is Cn1c2c(c3ccc(-n4ccc(OCc5ccccc5)cc4=O)cc31)C(C)(C)NCC2. The van der Waals surface area contributed by atoms with Crippen molar-refractivity contribution < 1.29 is 4.74 Å². The molecule has 2 aromatic heterocycles. The van der Waals surface area contributed by atoms with Gasteiger partial charge >= 0.3 is 0 Å². The molecule has 31 heavy (non-hydrogen) atoms. The van der Waals surface area contributed by atoms with Crippen LogP contribution in [0.15, 0.2) is 71.7 Å². The Morgan fingerprint density at radius 3 is 2.65 bits per heavy atom. The highest BCUT2D eigenvalue weighted by atomic mass is 16.5. The van der Waals surface area contributed by atoms with Crippen molar-refractivity contribution in [2.45, 2.75) is 32.4 Å². The Morgan fingerprint density at radius 1 is 1.06 bits per heavy atom. The Balaban J connectivity index is 1.48. The van der Waals surface area contributed by atoms with Crippen LogP contribution in [0.4, 0.5) is 0 Å². The van der Waals surface area contributed by atoms with Crippen LogP contribution in [0.3, 0.4) is 0 Å². The molecule has 1 aliphatic rings. The summed E-state index contributed by atoms with van der Waals surface area (Å²) in [5, 5.41) is 4.87. The summed E-state index contributed by atoms with van der Waals surface area (Å²) in [6, 6.07) is 19.6. The van der Waals surface area contributed by atoms with E-state index in [2.05, 4.69) is 42.9 Å². The lowest BCUT2D eigenvalue weighted by molar-refractivity contribution is 0.305. The third-order valence-corrected chi connectivity index (χ3v) is 6.28. The maximum Gasteiger partial charge on any atom is 0.258 e. The van der Waals surface area contributed by atoms with Gasteiger partial charge < -0.3 is 14.6 Å². The molecule has 0 spiro atoms. The molecule has 0 bridgehead atoms. The molecule has 0 aliphatic carbocycles. The van der Waals surface area contributed by atoms with E-state index in [-0.39, 0.29) is 11.1 Å². The Hall–Kier alpha value is -3.31. The lowest BCUT2D eigenvalue weighted by Gasteiger charge is -2.32. The summed E-state index contributed by atoms with van der Waals surface area (Å²) in [4.78, 5) is 12.8. The molecule has 0 saturated carbocycles. The van der Waals surface area contributed by atoms with Gasteiger partial charge in [0.15, 0.2) is 0 Å². The number of aryl methyl sites for hydroxylation is 1. The molecular formula is C26H27N3O2. The zero-order valence-electron chi connectivity index (χ0n) is 18.2. The number of pyridine rings is 1. The lowest BCUT2D eigenvalue weighted by atomic mass is 9.87. The molecule has 0 amide bonds. The largest absolute Gasteiger partial charge is 0.489 e. The molecule has 4 aromatic rings. The van der Waals surface area contributed by atoms with E-state index in [0.717, 1.165) is 29.7 Å². The normalized spacial score (nSPS) is 15.1. The highest BCUT2D eigenvalue weighted by molar-refractivity contribution is 5.88. The molecule has 5 nitrogen and oxygen atoms in total. The first-order valence-corrected chi connectivity index (χ1v) is 10.7. The third-order valence-electron chi connectivity index (χ3n) is 6.28. The summed E-state index contributed by atoms with van der Waals surface area (Å²) in [5.41, 5.74) is 5.63. The van der Waals surface area contributed by atoms with E-state index >= 15 is 0 Å². The smallest absolute Gasteiger partial charge is 0.258 e. The summed E-state index contributed by atoms with van der Waals surface area (Å²) in [5.74, 6) is 0.577. The molecule has 0 saturated heterocycles. The predicted octanol–water partition coefficient (Wildman–Crippen LogP) is 4.29. The predicted molar refractivity (Wildman–Crippen MR) is 124 cm³/mol. The molecule has 0 atom stereocenters. The average Bonchev–Trinajstić information content (AvgIpc) is 3.06. The van der Waals surface area contributed by atoms with Gasteiger partial charge in [-0.25, -0.2) is 0 Å². The maximum atomic E-state index is 12.8. The Labute approximate surface area is 181 Å². The van der Waals surface area contributed by atoms with Gasteiger partial charge in [-0.15, -0.1) is 0 Å². The van der Waals surface area contributed by atoms with Crippen LogP contribution in [0, 0.1) is 0 Å². The third kappa shape index (κ3) is 3.45. The molecule has 5 rings (SSSR count). The van der Waals surface area contributed by atoms with Crippen LogP contribution in [0.2, 0.25) is 0 Å². The van der Waals surface area contributed by atoms with E-state index in [1.54, 1.807) is 16.8 Å². The summed E-state index contributed by atoms with van der Waals surface area (Å²) < 4.78 is 9.75. The molecule has 0 fully saturated rings. The van der Waals surface area contributed by atoms with Crippen molar-refractivity contribution in [1.82, 2.24) is 14.5 Å². The number of fused-ring (bicyclic) bond motifs is 3. The fourth-order valence-electron chi connectivity index (χ4n) is 4.70. The van der Waals surface area contributed by atoms with Crippen LogP contribution in [-0.4, -0.2) is 15.7 Å². The maximum absolute atomic E-state index is 12.8. The van der Waals surface area contributed by atoms with Gasteiger partial charge in [0.25, 0.3) is 5.56 Å². The second kappa shape index (κ2) is 7.43. The van der Waals surface area contributed by atoms with Crippen LogP contribution in [0.25, 0.3) is 16.6 Å². The Kier molecular flexibility index (Phi) is 4.71. The number of benzene rings is 2. The van der Waals surface area contributed by atoms with Gasteiger partial charge in [-0.1, -0.05) is 36.4 Å².